The molecule has 1 saturated carbocycles. The molecule has 0 spiro atoms. The topological polar surface area (TPSA) is 48.1 Å². The number of hydrogen-bond acceptors (Lipinski definition) is 4. The highest BCUT2D eigenvalue weighted by atomic mass is 28.4. The minimum Gasteiger partial charge on any atom is -0.393 e. The summed E-state index contributed by atoms with van der Waals surface area (Å²) in [6.45, 7) is 0. The van der Waals surface area contributed by atoms with Crippen LogP contribution in [0.2, 0.25) is 6.04 Å². The lowest BCUT2D eigenvalue weighted by atomic mass is 9.91. The van der Waals surface area contributed by atoms with Crippen LogP contribution in [0.25, 0.3) is 0 Å². The molecule has 1 heterocycles. The first-order valence-corrected chi connectivity index (χ1v) is 7.55. The second kappa shape index (κ2) is 4.33. The van der Waals surface area contributed by atoms with E-state index in [0.29, 0.717) is 18.1 Å². The van der Waals surface area contributed by atoms with Crippen LogP contribution in [-0.2, 0) is 18.4 Å². The van der Waals surface area contributed by atoms with Crippen LogP contribution in [0, 0.1) is 5.92 Å². The van der Waals surface area contributed by atoms with Gasteiger partial charge in [0.1, 0.15) is 0 Å². The Bertz CT molecular complexity index is 242. The molecular formula is C10H18O4Si. The van der Waals surface area contributed by atoms with E-state index in [1.807, 2.05) is 0 Å². The predicted octanol–water partition coefficient (Wildman–Crippen LogP) is 1.06. The largest absolute Gasteiger partial charge is 0.406 e. The van der Waals surface area contributed by atoms with Crippen molar-refractivity contribution in [2.45, 2.75) is 37.5 Å². The smallest absolute Gasteiger partial charge is 0.393 e. The summed E-state index contributed by atoms with van der Waals surface area (Å²) in [7, 11) is 0.594. The highest BCUT2D eigenvalue weighted by Gasteiger charge is 2.47. The van der Waals surface area contributed by atoms with E-state index < -0.39 is 8.56 Å². The molecule has 2 rings (SSSR count). The maximum Gasteiger partial charge on any atom is 0.406 e. The van der Waals surface area contributed by atoms with Crippen LogP contribution in [0.15, 0.2) is 0 Å². The van der Waals surface area contributed by atoms with Crippen molar-refractivity contribution in [3.8, 4) is 0 Å². The molecule has 0 aromatic rings. The van der Waals surface area contributed by atoms with Crippen molar-refractivity contribution in [2.75, 3.05) is 14.2 Å². The summed E-state index contributed by atoms with van der Waals surface area (Å²) >= 11 is 0. The van der Waals surface area contributed by atoms with Crippen LogP contribution in [0.5, 0.6) is 0 Å². The van der Waals surface area contributed by atoms with E-state index in [1.165, 1.54) is 0 Å². The molecule has 0 bridgehead atoms. The molecule has 0 aromatic heterocycles. The Balaban J connectivity index is 1.90. The Morgan fingerprint density at radius 3 is 2.60 bits per heavy atom. The lowest BCUT2D eigenvalue weighted by Crippen LogP contribution is -2.44. The summed E-state index contributed by atoms with van der Waals surface area (Å²) in [5.74, 6) is 1.43. The van der Waals surface area contributed by atoms with Gasteiger partial charge in [-0.15, -0.1) is 0 Å². The molecular weight excluding hydrogens is 212 g/mol. The van der Waals surface area contributed by atoms with Gasteiger partial charge in [0, 0.05) is 20.3 Å². The van der Waals surface area contributed by atoms with Gasteiger partial charge in [0.05, 0.1) is 12.2 Å². The molecule has 0 aromatic carbocycles. The van der Waals surface area contributed by atoms with Gasteiger partial charge in [-0.2, -0.15) is 0 Å². The Morgan fingerprint density at radius 2 is 2.07 bits per heavy atom. The van der Waals surface area contributed by atoms with Crippen molar-refractivity contribution >= 4 is 14.5 Å². The molecule has 1 saturated heterocycles. The zero-order valence-corrected chi connectivity index (χ0v) is 10.3. The van der Waals surface area contributed by atoms with Crippen molar-refractivity contribution < 1.29 is 18.4 Å². The van der Waals surface area contributed by atoms with E-state index >= 15 is 0 Å². The third-order valence-electron chi connectivity index (χ3n) is 3.56. The minimum absolute atomic E-state index is 0.454. The highest BCUT2D eigenvalue weighted by Crippen LogP contribution is 2.42. The molecule has 2 aliphatic rings. The van der Waals surface area contributed by atoms with Crippen LogP contribution in [0.1, 0.15) is 19.3 Å². The zero-order chi connectivity index (χ0) is 10.9. The molecule has 1 aliphatic carbocycles. The molecule has 0 amide bonds. The van der Waals surface area contributed by atoms with Crippen molar-refractivity contribution in [3.63, 3.8) is 0 Å². The quantitative estimate of drug-likeness (QED) is 0.402. The Kier molecular flexibility index (Phi) is 3.25. The molecule has 4 nitrogen and oxygen atoms in total. The fourth-order valence-electron chi connectivity index (χ4n) is 2.47. The van der Waals surface area contributed by atoms with Gasteiger partial charge in [0.2, 0.25) is 0 Å². The summed E-state index contributed by atoms with van der Waals surface area (Å²) < 4.78 is 16.1. The molecule has 15 heavy (non-hydrogen) atoms. The maximum absolute atomic E-state index is 11.0. The van der Waals surface area contributed by atoms with Crippen molar-refractivity contribution in [3.05, 3.63) is 0 Å². The number of carbonyl (C=O) groups excluding carboxylic acids is 1. The predicted molar refractivity (Wildman–Crippen MR) is 57.3 cm³/mol. The minimum atomic E-state index is -2.55. The molecule has 2 fully saturated rings. The summed E-state index contributed by atoms with van der Waals surface area (Å²) in [6.07, 6.45) is 4.30. The van der Waals surface area contributed by atoms with Gasteiger partial charge in [0.25, 0.3) is 0 Å². The van der Waals surface area contributed by atoms with Crippen molar-refractivity contribution in [1.82, 2.24) is 0 Å². The van der Waals surface area contributed by atoms with E-state index in [-0.39, 0.29) is 0 Å². The summed E-state index contributed by atoms with van der Waals surface area (Å²) in [6, 6.07) is 0.774. The Morgan fingerprint density at radius 1 is 1.33 bits per heavy atom. The first-order chi connectivity index (χ1) is 7.23. The second-order valence-corrected chi connectivity index (χ2v) is 7.52. The van der Waals surface area contributed by atoms with Crippen molar-refractivity contribution in [1.29, 1.82) is 0 Å². The maximum atomic E-state index is 11.0. The van der Waals surface area contributed by atoms with Crippen LogP contribution in [-0.4, -0.2) is 40.9 Å². The van der Waals surface area contributed by atoms with E-state index in [1.54, 1.807) is 14.2 Å². The second-order valence-electron chi connectivity index (χ2n) is 4.43. The van der Waals surface area contributed by atoms with E-state index in [4.69, 9.17) is 13.6 Å². The Labute approximate surface area is 91.1 Å². The SMILES string of the molecule is CO[Si](C=O)(CC1CCC2OC2C1)OC. The third-order valence-corrected chi connectivity index (χ3v) is 6.44. The van der Waals surface area contributed by atoms with E-state index in [0.717, 1.165) is 31.2 Å². The first-order valence-electron chi connectivity index (χ1n) is 5.45. The first kappa shape index (κ1) is 11.3. The molecule has 0 N–H and O–H groups in total. The van der Waals surface area contributed by atoms with Gasteiger partial charge >= 0.3 is 8.56 Å². The Hall–Kier alpha value is -0.233. The van der Waals surface area contributed by atoms with Crippen LogP contribution in [0.3, 0.4) is 0 Å². The zero-order valence-electron chi connectivity index (χ0n) is 9.27. The fourth-order valence-corrected chi connectivity index (χ4v) is 4.43. The van der Waals surface area contributed by atoms with E-state index in [2.05, 4.69) is 0 Å². The molecule has 5 heteroatoms. The van der Waals surface area contributed by atoms with Gasteiger partial charge in [-0.05, 0) is 25.2 Å². The third kappa shape index (κ3) is 2.30. The highest BCUT2D eigenvalue weighted by molar-refractivity contribution is 6.91. The van der Waals surface area contributed by atoms with Gasteiger partial charge in [-0.25, -0.2) is 0 Å². The molecule has 86 valence electrons. The summed E-state index contributed by atoms with van der Waals surface area (Å²) in [5, 5.41) is 0. The number of epoxide rings is 1. The lowest BCUT2D eigenvalue weighted by Gasteiger charge is -2.27. The average molecular weight is 230 g/mol. The monoisotopic (exact) mass is 230 g/mol. The van der Waals surface area contributed by atoms with Crippen molar-refractivity contribution in [2.24, 2.45) is 5.92 Å². The van der Waals surface area contributed by atoms with Crippen LogP contribution >= 0.6 is 0 Å². The number of carbonyl (C=O) groups is 1. The fraction of sp³-hybridized carbons (Fsp3) is 0.900. The summed E-state index contributed by atoms with van der Waals surface area (Å²) in [4.78, 5) is 11.0. The van der Waals surface area contributed by atoms with Gasteiger partial charge in [0.15, 0.2) is 5.91 Å². The van der Waals surface area contributed by atoms with Crippen LogP contribution < -0.4 is 0 Å². The van der Waals surface area contributed by atoms with Gasteiger partial charge in [-0.3, -0.25) is 0 Å². The van der Waals surface area contributed by atoms with Gasteiger partial charge in [-0.1, -0.05) is 0 Å². The molecule has 1 aliphatic heterocycles. The molecule has 0 radical (unpaired) electrons. The number of fused-ring (bicyclic) bond motifs is 1. The van der Waals surface area contributed by atoms with Crippen LogP contribution in [0.4, 0.5) is 0 Å². The number of ether oxygens (including phenoxy) is 1. The normalized spacial score (nSPS) is 34.7. The lowest BCUT2D eigenvalue weighted by molar-refractivity contribution is 0.244. The summed E-state index contributed by atoms with van der Waals surface area (Å²) in [5.41, 5.74) is 0. The standard InChI is InChI=1S/C10H18O4Si/c1-12-15(7-11,13-2)6-8-3-4-9-10(5-8)14-9/h7-10H,3-6H2,1-2H3. The molecule has 3 unspecified atom stereocenters. The number of hydrogen-bond donors (Lipinski definition) is 0. The van der Waals surface area contributed by atoms with Gasteiger partial charge < -0.3 is 18.4 Å². The van der Waals surface area contributed by atoms with E-state index in [9.17, 15) is 4.79 Å². The number of rotatable bonds is 5. The molecule has 3 atom stereocenters. The average Bonchev–Trinajstić information content (AvgIpc) is 3.04.